The Labute approximate surface area is 62.8 Å². The summed E-state index contributed by atoms with van der Waals surface area (Å²) in [5.41, 5.74) is 0. The van der Waals surface area contributed by atoms with Gasteiger partial charge in [0.1, 0.15) is 0 Å². The number of aldehydes is 1. The molecule has 0 heterocycles. The zero-order valence-electron chi connectivity index (χ0n) is 5.92. The van der Waals surface area contributed by atoms with Gasteiger partial charge in [-0.15, -0.1) is 0 Å². The van der Waals surface area contributed by atoms with Gasteiger partial charge < -0.3 is 5.32 Å². The van der Waals surface area contributed by atoms with Crippen LogP contribution in [-0.2, 0) is 19.2 Å². The average Bonchev–Trinajstić information content (AvgIpc) is 2.02. The van der Waals surface area contributed by atoms with Crippen LogP contribution in [0.25, 0.3) is 0 Å². The molecule has 0 rings (SSSR count). The molecule has 0 amide bonds. The first-order valence-electron chi connectivity index (χ1n) is 2.84. The Morgan fingerprint density at radius 2 is 1.91 bits per heavy atom. The Morgan fingerprint density at radius 3 is 2.27 bits per heavy atom. The Morgan fingerprint density at radius 1 is 1.36 bits per heavy atom. The molecule has 60 valence electrons. The molecule has 0 saturated carbocycles. The molecule has 1 N–H and O–H groups in total. The van der Waals surface area contributed by atoms with Crippen molar-refractivity contribution in [1.29, 1.82) is 0 Å². The lowest BCUT2D eigenvalue weighted by Gasteiger charge is -1.92. The molecule has 0 aromatic carbocycles. The molecule has 0 bridgehead atoms. The molecule has 0 aromatic rings. The standard InChI is InChI=1S/C6H7NO4/c1-7-2-4(9)6(11)5(10)3-8/h3,7H,2H2,1H3. The fourth-order valence-corrected chi connectivity index (χ4v) is 0.432. The van der Waals surface area contributed by atoms with E-state index in [1.54, 1.807) is 0 Å². The molecule has 0 unspecified atom stereocenters. The van der Waals surface area contributed by atoms with Crippen LogP contribution in [0.3, 0.4) is 0 Å². The van der Waals surface area contributed by atoms with Gasteiger partial charge in [0.2, 0.25) is 5.78 Å². The first kappa shape index (κ1) is 9.64. The molecular weight excluding hydrogens is 150 g/mol. The Kier molecular flexibility index (Phi) is 3.90. The van der Waals surface area contributed by atoms with E-state index >= 15 is 0 Å². The third-order valence-corrected chi connectivity index (χ3v) is 0.921. The summed E-state index contributed by atoms with van der Waals surface area (Å²) in [5, 5.41) is 2.39. The molecule has 0 fully saturated rings. The van der Waals surface area contributed by atoms with Crippen molar-refractivity contribution in [3.05, 3.63) is 0 Å². The van der Waals surface area contributed by atoms with Crippen molar-refractivity contribution in [2.24, 2.45) is 0 Å². The minimum atomic E-state index is -1.30. The number of carbonyl (C=O) groups is 4. The highest BCUT2D eigenvalue weighted by Crippen LogP contribution is 1.76. The summed E-state index contributed by atoms with van der Waals surface area (Å²) in [5.74, 6) is -3.47. The molecule has 0 atom stereocenters. The number of hydrogen-bond donors (Lipinski definition) is 1. The Bertz CT molecular complexity index is 209. The minimum Gasteiger partial charge on any atom is -0.313 e. The predicted octanol–water partition coefficient (Wildman–Crippen LogP) is -1.89. The highest BCUT2D eigenvalue weighted by molar-refractivity contribution is 6.74. The van der Waals surface area contributed by atoms with Crippen LogP contribution in [0.1, 0.15) is 0 Å². The topological polar surface area (TPSA) is 80.3 Å². The van der Waals surface area contributed by atoms with Crippen LogP contribution >= 0.6 is 0 Å². The second-order valence-electron chi connectivity index (χ2n) is 1.76. The molecule has 11 heavy (non-hydrogen) atoms. The number of likely N-dealkylation sites (N-methyl/N-ethyl adjacent to an activating group) is 1. The molecule has 0 aliphatic carbocycles. The van der Waals surface area contributed by atoms with Crippen LogP contribution in [0.15, 0.2) is 0 Å². The molecule has 5 heteroatoms. The number of ketones is 3. The lowest BCUT2D eigenvalue weighted by atomic mass is 10.2. The van der Waals surface area contributed by atoms with E-state index in [4.69, 9.17) is 0 Å². The lowest BCUT2D eigenvalue weighted by molar-refractivity contribution is -0.145. The van der Waals surface area contributed by atoms with E-state index in [-0.39, 0.29) is 12.8 Å². The van der Waals surface area contributed by atoms with Gasteiger partial charge in [-0.2, -0.15) is 0 Å². The van der Waals surface area contributed by atoms with Crippen molar-refractivity contribution < 1.29 is 19.2 Å². The number of rotatable bonds is 5. The molecule has 0 aromatic heterocycles. The van der Waals surface area contributed by atoms with E-state index in [2.05, 4.69) is 5.32 Å². The monoisotopic (exact) mass is 157 g/mol. The normalized spacial score (nSPS) is 8.82. The molecule has 0 spiro atoms. The maximum absolute atomic E-state index is 10.6. The number of nitrogens with one attached hydrogen (secondary N) is 1. The molecular formula is C6H7NO4. The van der Waals surface area contributed by atoms with Crippen molar-refractivity contribution in [3.8, 4) is 0 Å². The average molecular weight is 157 g/mol. The highest BCUT2D eigenvalue weighted by atomic mass is 16.2. The van der Waals surface area contributed by atoms with E-state index < -0.39 is 17.3 Å². The Hall–Kier alpha value is -1.36. The minimum absolute atomic E-state index is 0.171. The van der Waals surface area contributed by atoms with Gasteiger partial charge in [0.15, 0.2) is 6.29 Å². The summed E-state index contributed by atoms with van der Waals surface area (Å²) in [6.45, 7) is -0.224. The van der Waals surface area contributed by atoms with Gasteiger partial charge in [-0.25, -0.2) is 0 Å². The van der Waals surface area contributed by atoms with Gasteiger partial charge in [0.25, 0.3) is 11.6 Å². The maximum Gasteiger partial charge on any atom is 0.273 e. The summed E-state index contributed by atoms with van der Waals surface area (Å²) in [6, 6.07) is 0. The van der Waals surface area contributed by atoms with Crippen molar-refractivity contribution >= 4 is 23.6 Å². The number of carbonyl (C=O) groups excluding carboxylic acids is 4. The van der Waals surface area contributed by atoms with Crippen LogP contribution < -0.4 is 5.32 Å². The Balaban J connectivity index is 4.13. The summed E-state index contributed by atoms with van der Waals surface area (Å²) in [4.78, 5) is 41.0. The van der Waals surface area contributed by atoms with E-state index in [0.29, 0.717) is 0 Å². The first-order chi connectivity index (χ1) is 5.13. The second kappa shape index (κ2) is 4.45. The van der Waals surface area contributed by atoms with Crippen molar-refractivity contribution in [2.45, 2.75) is 0 Å². The van der Waals surface area contributed by atoms with Crippen LogP contribution in [0, 0.1) is 0 Å². The summed E-state index contributed by atoms with van der Waals surface area (Å²) in [7, 11) is 1.45. The highest BCUT2D eigenvalue weighted by Gasteiger charge is 2.20. The predicted molar refractivity (Wildman–Crippen MR) is 35.0 cm³/mol. The zero-order valence-corrected chi connectivity index (χ0v) is 5.92. The largest absolute Gasteiger partial charge is 0.313 e. The first-order valence-corrected chi connectivity index (χ1v) is 2.84. The fourth-order valence-electron chi connectivity index (χ4n) is 0.432. The molecule has 5 nitrogen and oxygen atoms in total. The molecule has 0 radical (unpaired) electrons. The van der Waals surface area contributed by atoms with E-state index in [1.165, 1.54) is 7.05 Å². The second-order valence-corrected chi connectivity index (χ2v) is 1.76. The van der Waals surface area contributed by atoms with Crippen molar-refractivity contribution in [1.82, 2.24) is 5.32 Å². The fraction of sp³-hybridized carbons (Fsp3) is 0.333. The zero-order chi connectivity index (χ0) is 8.85. The van der Waals surface area contributed by atoms with Gasteiger partial charge in [0, 0.05) is 0 Å². The van der Waals surface area contributed by atoms with Crippen LogP contribution in [0.2, 0.25) is 0 Å². The number of Topliss-reactive ketones (excluding diaryl/α,β-unsaturated/α-hetero) is 3. The van der Waals surface area contributed by atoms with Crippen LogP contribution in [-0.4, -0.2) is 37.2 Å². The number of hydrogen-bond acceptors (Lipinski definition) is 5. The van der Waals surface area contributed by atoms with Crippen LogP contribution in [0.4, 0.5) is 0 Å². The molecule has 0 aliphatic heterocycles. The van der Waals surface area contributed by atoms with Gasteiger partial charge in [0.05, 0.1) is 6.54 Å². The van der Waals surface area contributed by atoms with E-state index in [1.807, 2.05) is 0 Å². The SMILES string of the molecule is CNCC(=O)C(=O)C(=O)C=O. The molecule has 0 saturated heterocycles. The summed E-state index contributed by atoms with van der Waals surface area (Å²) in [6.07, 6.45) is -0.171. The van der Waals surface area contributed by atoms with Gasteiger partial charge in [-0.05, 0) is 7.05 Å². The van der Waals surface area contributed by atoms with Gasteiger partial charge in [-0.3, -0.25) is 19.2 Å². The van der Waals surface area contributed by atoms with E-state index in [9.17, 15) is 19.2 Å². The molecule has 0 aliphatic rings. The van der Waals surface area contributed by atoms with Crippen LogP contribution in [0.5, 0.6) is 0 Å². The lowest BCUT2D eigenvalue weighted by Crippen LogP contribution is -2.31. The van der Waals surface area contributed by atoms with Crippen molar-refractivity contribution in [2.75, 3.05) is 13.6 Å². The van der Waals surface area contributed by atoms with Gasteiger partial charge >= 0.3 is 0 Å². The third-order valence-electron chi connectivity index (χ3n) is 0.921. The smallest absolute Gasteiger partial charge is 0.273 e. The quantitative estimate of drug-likeness (QED) is 0.287. The third kappa shape index (κ3) is 2.81. The summed E-state index contributed by atoms with van der Waals surface area (Å²) >= 11 is 0. The van der Waals surface area contributed by atoms with Gasteiger partial charge in [-0.1, -0.05) is 0 Å². The van der Waals surface area contributed by atoms with E-state index in [0.717, 1.165) is 0 Å². The maximum atomic E-state index is 10.6. The summed E-state index contributed by atoms with van der Waals surface area (Å²) < 4.78 is 0. The van der Waals surface area contributed by atoms with Crippen molar-refractivity contribution in [3.63, 3.8) is 0 Å².